The molecule has 0 bridgehead atoms. The predicted molar refractivity (Wildman–Crippen MR) is 157 cm³/mol. The molecular formula is C25H18N8Na3O11S2+. The molecule has 0 atom stereocenters. The maximum absolute atomic E-state index is 12.4. The topological polar surface area (TPSA) is 328 Å². The molecule has 0 amide bonds. The zero-order valence-electron chi connectivity index (χ0n) is 25.5. The van der Waals surface area contributed by atoms with Crippen LogP contribution in [0.3, 0.4) is 0 Å². The predicted octanol–water partition coefficient (Wildman–Crippen LogP) is -6.60. The van der Waals surface area contributed by atoms with Crippen molar-refractivity contribution < 1.29 is 140 Å². The Hall–Kier alpha value is -2.55. The van der Waals surface area contributed by atoms with Gasteiger partial charge in [-0.25, -0.2) is 4.99 Å². The van der Waals surface area contributed by atoms with E-state index < -0.39 is 53.4 Å². The van der Waals surface area contributed by atoms with Crippen molar-refractivity contribution in [2.24, 2.45) is 25.4 Å². The van der Waals surface area contributed by atoms with Crippen LogP contribution in [0.1, 0.15) is 10.4 Å². The molecule has 0 saturated heterocycles. The minimum absolute atomic E-state index is 0. The van der Waals surface area contributed by atoms with Crippen LogP contribution in [-0.4, -0.2) is 61.3 Å². The molecule has 0 unspecified atom stereocenters. The fourth-order valence-corrected chi connectivity index (χ4v) is 4.78. The van der Waals surface area contributed by atoms with Gasteiger partial charge in [0.25, 0.3) is 15.0 Å². The third-order valence-electron chi connectivity index (χ3n) is 5.77. The van der Waals surface area contributed by atoms with Crippen molar-refractivity contribution in [2.45, 2.75) is 9.79 Å². The van der Waals surface area contributed by atoms with Gasteiger partial charge in [0.15, 0.2) is 0 Å². The number of anilines is 1. The maximum atomic E-state index is 12.4. The minimum Gasteiger partial charge on any atom is -0.871 e. The van der Waals surface area contributed by atoms with E-state index in [0.29, 0.717) is 12.1 Å². The van der Waals surface area contributed by atoms with Gasteiger partial charge in [-0.15, -0.1) is 16.0 Å². The number of carbonyl (C=O) groups excluding carboxylic acids is 1. The van der Waals surface area contributed by atoms with E-state index >= 15 is 0 Å². The van der Waals surface area contributed by atoms with E-state index in [2.05, 4.69) is 25.4 Å². The molecule has 0 radical (unpaired) electrons. The number of azo groups is 1. The van der Waals surface area contributed by atoms with Crippen molar-refractivity contribution in [3.63, 3.8) is 0 Å². The molecule has 2 aromatic carbocycles. The summed E-state index contributed by atoms with van der Waals surface area (Å²) in [6.45, 7) is 0. The number of aliphatic imine (C=N–C) groups is 1. The van der Waals surface area contributed by atoms with E-state index in [9.17, 15) is 41.3 Å². The van der Waals surface area contributed by atoms with Crippen molar-refractivity contribution >= 4 is 66.5 Å². The molecule has 2 aliphatic carbocycles. The Bertz CT molecular complexity index is 2070. The number of rotatable bonds is 8. The molecule has 0 saturated carbocycles. The normalized spacial score (nSPS) is 15.1. The van der Waals surface area contributed by atoms with E-state index in [0.717, 1.165) is 30.4 Å². The number of nitrogens with zero attached hydrogens (tertiary/aromatic N) is 6. The fourth-order valence-electron chi connectivity index (χ4n) is 3.59. The monoisotopic (exact) mass is 739 g/mol. The van der Waals surface area contributed by atoms with Crippen LogP contribution in [0, 0.1) is 5.41 Å². The van der Waals surface area contributed by atoms with Gasteiger partial charge in [-0.1, -0.05) is 5.75 Å². The first-order valence-corrected chi connectivity index (χ1v) is 15.0. The van der Waals surface area contributed by atoms with Crippen LogP contribution in [0.15, 0.2) is 113 Å². The summed E-state index contributed by atoms with van der Waals surface area (Å²) < 4.78 is 63.4. The zero-order chi connectivity index (χ0) is 34.0. The summed E-state index contributed by atoms with van der Waals surface area (Å²) in [5.74, 6) is -3.30. The molecule has 0 fully saturated rings. The van der Waals surface area contributed by atoms with E-state index in [1.807, 2.05) is 0 Å². The summed E-state index contributed by atoms with van der Waals surface area (Å²) in [6.07, 6.45) is 7.78. The van der Waals surface area contributed by atoms with Gasteiger partial charge in [-0.05, 0) is 70.5 Å². The molecule has 7 N–H and O–H groups in total. The molecule has 19 nitrogen and oxygen atoms in total. The van der Waals surface area contributed by atoms with Crippen molar-refractivity contribution in [1.29, 1.82) is 5.41 Å². The molecular weight excluding hydrogens is 721 g/mol. The van der Waals surface area contributed by atoms with E-state index in [1.165, 1.54) is 24.3 Å². The molecule has 2 aliphatic rings. The van der Waals surface area contributed by atoms with Gasteiger partial charge < -0.3 is 20.7 Å². The largest absolute Gasteiger partial charge is 1.00 e. The van der Waals surface area contributed by atoms with Gasteiger partial charge >= 0.3 is 99.2 Å². The Morgan fingerprint density at radius 1 is 0.918 bits per heavy atom. The Kier molecular flexibility index (Phi) is 16.4. The number of aromatic carboxylic acids is 1. The van der Waals surface area contributed by atoms with E-state index in [-0.39, 0.29) is 140 Å². The molecule has 24 heteroatoms. The third kappa shape index (κ3) is 11.5. The van der Waals surface area contributed by atoms with Gasteiger partial charge in [0, 0.05) is 6.07 Å². The molecule has 0 aromatic heterocycles. The number of carboxylic acid groups (broad SMARTS) is 1. The van der Waals surface area contributed by atoms with Crippen LogP contribution in [0.4, 0.5) is 17.1 Å². The number of hydrogen-bond donors (Lipinski definition) is 6. The van der Waals surface area contributed by atoms with Gasteiger partial charge in [-0.2, -0.15) is 32.8 Å². The van der Waals surface area contributed by atoms with Crippen LogP contribution in [0.2, 0.25) is 0 Å². The van der Waals surface area contributed by atoms with Crippen molar-refractivity contribution in [1.82, 2.24) is 0 Å². The van der Waals surface area contributed by atoms with Crippen LogP contribution in [0.25, 0.3) is 5.73 Å². The Labute approximate surface area is 344 Å². The molecule has 4 rings (SSSR count). The second-order valence-corrected chi connectivity index (χ2v) is 11.8. The second-order valence-electron chi connectivity index (χ2n) is 8.93. The number of allylic oxidation sites excluding steroid dienone is 6. The van der Waals surface area contributed by atoms with Crippen LogP contribution < -0.4 is 104 Å². The third-order valence-corrected chi connectivity index (χ3v) is 7.50. The fraction of sp³-hybridized carbons (Fsp3) is 0. The molecule has 49 heavy (non-hydrogen) atoms. The smallest absolute Gasteiger partial charge is 0.871 e. The second kappa shape index (κ2) is 18.1. The number of nitrogens with one attached hydrogen (secondary N) is 2. The number of hydrogen-bond acceptors (Lipinski definition) is 15. The summed E-state index contributed by atoms with van der Waals surface area (Å²) in [5, 5.41) is 64.7. The minimum atomic E-state index is -4.94. The summed E-state index contributed by atoms with van der Waals surface area (Å²) >= 11 is 0. The molecule has 2 aromatic rings. The van der Waals surface area contributed by atoms with Crippen LogP contribution in [-0.2, 0) is 24.8 Å². The average Bonchev–Trinajstić information content (AvgIpc) is 2.96. The van der Waals surface area contributed by atoms with Crippen molar-refractivity contribution in [2.75, 3.05) is 5.23 Å². The van der Waals surface area contributed by atoms with Crippen molar-refractivity contribution in [3.05, 3.63) is 89.5 Å². The maximum Gasteiger partial charge on any atom is 1.00 e. The summed E-state index contributed by atoms with van der Waals surface area (Å²) in [6, 6.07) is 4.14. The molecule has 0 aliphatic heterocycles. The average molecular weight is 740 g/mol. The summed E-state index contributed by atoms with van der Waals surface area (Å²) in [4.78, 5) is 13.9. The van der Waals surface area contributed by atoms with Crippen molar-refractivity contribution in [3.8, 4) is 5.75 Å². The summed E-state index contributed by atoms with van der Waals surface area (Å²) in [7, 11) is -9.49. The Balaban J connectivity index is 0.00000400. The number of benzene rings is 2. The Morgan fingerprint density at radius 2 is 1.53 bits per heavy atom. The molecule has 238 valence electrons. The number of carbonyl (C=O) groups is 1. The quantitative estimate of drug-likeness (QED) is 0.0368. The molecule has 0 spiro atoms. The van der Waals surface area contributed by atoms with E-state index in [1.54, 1.807) is 0 Å². The van der Waals surface area contributed by atoms with Gasteiger partial charge in [0.05, 0.1) is 45.1 Å². The van der Waals surface area contributed by atoms with Gasteiger partial charge in [-0.3, -0.25) is 20.4 Å². The SMILES string of the molecule is N=C1C=C([NH-])C(=NN=C2C=CC(=Nc3ccc(N(O)O)cc3[S+](=O)(O)O)C=C2)C=C1N=Nc1cc(S(=O)(=O)O)cc(C(=O)[O-])c1[O-].[Na+].[Na+].[Na+]. The van der Waals surface area contributed by atoms with E-state index in [4.69, 9.17) is 21.6 Å². The molecule has 0 heterocycles. The first kappa shape index (κ1) is 44.5. The summed E-state index contributed by atoms with van der Waals surface area (Å²) in [5.41, 5.74) is 5.09. The van der Waals surface area contributed by atoms with Crippen LogP contribution in [0.5, 0.6) is 5.75 Å². The van der Waals surface area contributed by atoms with Crippen LogP contribution >= 0.6 is 0 Å². The van der Waals surface area contributed by atoms with Gasteiger partial charge in [0.2, 0.25) is 0 Å². The first-order valence-electron chi connectivity index (χ1n) is 12.1. The standard InChI is InChI=1S/C25H20N8O11S2.3Na/c26-17-10-18(27)21(31-32-22-9-15(45(39,40)41)8-16(24(22)34)25(35)36)11-20(17)30-29-13-3-1-12(2-4-13)28-19-6-5-14(33(37)38)7-23(19)46(42,43)44;;;/h1-11,37-38H,(H7-,26,27,28,30,31,34,35,36,39,40,41,42,43,44);;;/q;3*+1/p-2. The first-order chi connectivity index (χ1) is 21.4. The van der Waals surface area contributed by atoms with Gasteiger partial charge in [0.1, 0.15) is 11.4 Å². The zero-order valence-corrected chi connectivity index (χ0v) is 33.2. The Morgan fingerprint density at radius 3 is 2.08 bits per heavy atom. The number of carboxylic acids is 1.